The number of halogens is 1. The minimum atomic E-state index is 0. The van der Waals surface area contributed by atoms with Crippen molar-refractivity contribution in [3.63, 3.8) is 0 Å². The van der Waals surface area contributed by atoms with Crippen molar-refractivity contribution in [3.8, 4) is 0 Å². The number of hydrogen-bond acceptors (Lipinski definition) is 2. The second-order valence-electron chi connectivity index (χ2n) is 6.70. The van der Waals surface area contributed by atoms with E-state index in [9.17, 15) is 0 Å². The fourth-order valence-corrected chi connectivity index (χ4v) is 2.70. The van der Waals surface area contributed by atoms with Crippen LogP contribution in [0.2, 0.25) is 0 Å². The Morgan fingerprint density at radius 1 is 1.14 bits per heavy atom. The summed E-state index contributed by atoms with van der Waals surface area (Å²) >= 11 is 0. The van der Waals surface area contributed by atoms with Crippen LogP contribution in [0.4, 0.5) is 0 Å². The quantitative estimate of drug-likeness (QED) is 0.244. The molecule has 0 spiro atoms. The van der Waals surface area contributed by atoms with Gasteiger partial charge in [0.05, 0.1) is 0 Å². The van der Waals surface area contributed by atoms with E-state index in [1.165, 1.54) is 19.3 Å². The van der Waals surface area contributed by atoms with Crippen LogP contribution in [0.5, 0.6) is 0 Å². The minimum Gasteiger partial charge on any atom is -0.357 e. The summed E-state index contributed by atoms with van der Waals surface area (Å²) in [6.07, 6.45) is 5.26. The molecular formula is C17H37IN4. The first kappa shape index (κ1) is 22.0. The monoisotopic (exact) mass is 424 g/mol. The zero-order valence-electron chi connectivity index (χ0n) is 15.2. The zero-order valence-corrected chi connectivity index (χ0v) is 17.5. The SMILES string of the molecule is CCNC(=NCCCN(C(C)C)C(C)C)NCCC1CC1.I. The molecule has 22 heavy (non-hydrogen) atoms. The van der Waals surface area contributed by atoms with Gasteiger partial charge in [0.15, 0.2) is 5.96 Å². The van der Waals surface area contributed by atoms with Crippen LogP contribution < -0.4 is 10.6 Å². The zero-order chi connectivity index (χ0) is 15.7. The number of hydrogen-bond donors (Lipinski definition) is 2. The number of nitrogens with one attached hydrogen (secondary N) is 2. The fourth-order valence-electron chi connectivity index (χ4n) is 2.70. The summed E-state index contributed by atoms with van der Waals surface area (Å²) in [6.45, 7) is 15.2. The first-order valence-corrected chi connectivity index (χ1v) is 8.82. The molecule has 0 bridgehead atoms. The lowest BCUT2D eigenvalue weighted by Gasteiger charge is -2.30. The lowest BCUT2D eigenvalue weighted by Crippen LogP contribution is -2.39. The van der Waals surface area contributed by atoms with E-state index in [0.717, 1.165) is 44.5 Å². The topological polar surface area (TPSA) is 39.7 Å². The van der Waals surface area contributed by atoms with Crippen LogP contribution in [0.1, 0.15) is 60.3 Å². The van der Waals surface area contributed by atoms with Gasteiger partial charge in [-0.15, -0.1) is 24.0 Å². The standard InChI is InChI=1S/C17H36N4.HI/c1-6-18-17(20-12-10-16-8-9-16)19-11-7-13-21(14(2)3)15(4)5;/h14-16H,6-13H2,1-5H3,(H2,18,19,20);1H. The van der Waals surface area contributed by atoms with E-state index >= 15 is 0 Å². The average Bonchev–Trinajstić information content (AvgIpc) is 3.21. The number of aliphatic imine (C=N–C) groups is 1. The van der Waals surface area contributed by atoms with Crippen molar-refractivity contribution >= 4 is 29.9 Å². The van der Waals surface area contributed by atoms with Gasteiger partial charge in [-0.1, -0.05) is 12.8 Å². The Hall–Kier alpha value is -0.0400. The minimum absolute atomic E-state index is 0. The largest absolute Gasteiger partial charge is 0.357 e. The van der Waals surface area contributed by atoms with E-state index in [2.05, 4.69) is 55.1 Å². The third-order valence-corrected chi connectivity index (χ3v) is 4.06. The van der Waals surface area contributed by atoms with Crippen LogP contribution in [0.15, 0.2) is 4.99 Å². The highest BCUT2D eigenvalue weighted by Crippen LogP contribution is 2.31. The van der Waals surface area contributed by atoms with Gasteiger partial charge in [-0.05, 0) is 53.4 Å². The molecule has 0 saturated heterocycles. The van der Waals surface area contributed by atoms with Gasteiger partial charge in [-0.25, -0.2) is 0 Å². The van der Waals surface area contributed by atoms with E-state index in [0.29, 0.717) is 12.1 Å². The van der Waals surface area contributed by atoms with Crippen molar-refractivity contribution in [1.82, 2.24) is 15.5 Å². The van der Waals surface area contributed by atoms with Crippen LogP contribution >= 0.6 is 24.0 Å². The summed E-state index contributed by atoms with van der Waals surface area (Å²) < 4.78 is 0. The Morgan fingerprint density at radius 2 is 1.77 bits per heavy atom. The van der Waals surface area contributed by atoms with Crippen molar-refractivity contribution in [1.29, 1.82) is 0 Å². The van der Waals surface area contributed by atoms with E-state index < -0.39 is 0 Å². The summed E-state index contributed by atoms with van der Waals surface area (Å²) in [5, 5.41) is 6.79. The van der Waals surface area contributed by atoms with Gasteiger partial charge in [0.25, 0.3) is 0 Å². The maximum atomic E-state index is 4.69. The molecule has 4 nitrogen and oxygen atoms in total. The predicted octanol–water partition coefficient (Wildman–Crippen LogP) is 3.47. The first-order valence-electron chi connectivity index (χ1n) is 8.82. The molecule has 5 heteroatoms. The summed E-state index contributed by atoms with van der Waals surface area (Å²) in [7, 11) is 0. The van der Waals surface area contributed by atoms with E-state index in [-0.39, 0.29) is 24.0 Å². The molecule has 0 atom stereocenters. The summed E-state index contributed by atoms with van der Waals surface area (Å²) in [5.41, 5.74) is 0. The van der Waals surface area contributed by atoms with Crippen LogP contribution in [-0.2, 0) is 0 Å². The molecule has 1 aliphatic carbocycles. The van der Waals surface area contributed by atoms with Gasteiger partial charge in [0, 0.05) is 38.3 Å². The molecule has 0 amide bonds. The van der Waals surface area contributed by atoms with E-state index in [4.69, 9.17) is 0 Å². The average molecular weight is 424 g/mol. The molecule has 1 saturated carbocycles. The Balaban J connectivity index is 0.00000441. The number of guanidine groups is 1. The normalized spacial score (nSPS) is 15.4. The van der Waals surface area contributed by atoms with Crippen molar-refractivity contribution < 1.29 is 0 Å². The predicted molar refractivity (Wildman–Crippen MR) is 108 cm³/mol. The van der Waals surface area contributed by atoms with Crippen LogP contribution in [0.3, 0.4) is 0 Å². The Kier molecular flexibility index (Phi) is 12.4. The fraction of sp³-hybridized carbons (Fsp3) is 0.941. The highest BCUT2D eigenvalue weighted by molar-refractivity contribution is 14.0. The highest BCUT2D eigenvalue weighted by Gasteiger charge is 2.20. The maximum Gasteiger partial charge on any atom is 0.191 e. The summed E-state index contributed by atoms with van der Waals surface area (Å²) in [6, 6.07) is 1.22. The molecule has 0 heterocycles. The lowest BCUT2D eigenvalue weighted by atomic mass is 10.2. The highest BCUT2D eigenvalue weighted by atomic mass is 127. The van der Waals surface area contributed by atoms with Crippen molar-refractivity contribution in [2.24, 2.45) is 10.9 Å². The van der Waals surface area contributed by atoms with Crippen molar-refractivity contribution in [3.05, 3.63) is 0 Å². The molecule has 0 aromatic carbocycles. The van der Waals surface area contributed by atoms with Crippen LogP contribution in [0.25, 0.3) is 0 Å². The third kappa shape index (κ3) is 9.87. The second kappa shape index (κ2) is 12.4. The third-order valence-electron chi connectivity index (χ3n) is 4.06. The van der Waals surface area contributed by atoms with Crippen LogP contribution in [0, 0.1) is 5.92 Å². The van der Waals surface area contributed by atoms with Gasteiger partial charge in [-0.3, -0.25) is 9.89 Å². The number of rotatable bonds is 10. The van der Waals surface area contributed by atoms with Gasteiger partial charge >= 0.3 is 0 Å². The van der Waals surface area contributed by atoms with E-state index in [1.54, 1.807) is 0 Å². The molecule has 132 valence electrons. The molecular weight excluding hydrogens is 387 g/mol. The first-order chi connectivity index (χ1) is 10.0. The van der Waals surface area contributed by atoms with Crippen molar-refractivity contribution in [2.45, 2.75) is 72.4 Å². The van der Waals surface area contributed by atoms with Crippen molar-refractivity contribution in [2.75, 3.05) is 26.2 Å². The molecule has 0 radical (unpaired) electrons. The van der Waals surface area contributed by atoms with Gasteiger partial charge in [0.1, 0.15) is 0 Å². The molecule has 2 N–H and O–H groups in total. The maximum absolute atomic E-state index is 4.69. The Labute approximate surface area is 154 Å². The second-order valence-corrected chi connectivity index (χ2v) is 6.70. The lowest BCUT2D eigenvalue weighted by molar-refractivity contribution is 0.174. The Bertz CT molecular complexity index is 293. The Morgan fingerprint density at radius 3 is 2.27 bits per heavy atom. The van der Waals surface area contributed by atoms with Gasteiger partial charge in [-0.2, -0.15) is 0 Å². The summed E-state index contributed by atoms with van der Waals surface area (Å²) in [4.78, 5) is 7.22. The number of nitrogens with zero attached hydrogens (tertiary/aromatic N) is 2. The van der Waals surface area contributed by atoms with E-state index in [1.807, 2.05) is 0 Å². The molecule has 1 rings (SSSR count). The van der Waals surface area contributed by atoms with Crippen LogP contribution in [-0.4, -0.2) is 49.1 Å². The van der Waals surface area contributed by atoms with Gasteiger partial charge < -0.3 is 10.6 Å². The van der Waals surface area contributed by atoms with Gasteiger partial charge in [0.2, 0.25) is 0 Å². The smallest absolute Gasteiger partial charge is 0.191 e. The molecule has 0 aromatic heterocycles. The molecule has 0 aliphatic heterocycles. The molecule has 0 unspecified atom stereocenters. The molecule has 1 aliphatic rings. The molecule has 0 aromatic rings. The molecule has 1 fully saturated rings. The summed E-state index contributed by atoms with van der Waals surface area (Å²) in [5.74, 6) is 1.96.